The second-order valence-corrected chi connectivity index (χ2v) is 4.97. The summed E-state index contributed by atoms with van der Waals surface area (Å²) >= 11 is 0. The van der Waals surface area contributed by atoms with Gasteiger partial charge < -0.3 is 9.30 Å². The topological polar surface area (TPSA) is 68.2 Å². The lowest BCUT2D eigenvalue weighted by Crippen LogP contribution is -2.31. The van der Waals surface area contributed by atoms with Gasteiger partial charge in [-0.05, 0) is 24.6 Å². The molecule has 0 atom stereocenters. The first-order valence-electron chi connectivity index (χ1n) is 7.46. The Kier molecular flexibility index (Phi) is 4.42. The molecule has 3 aromatic rings. The number of fused-ring (bicyclic) bond motifs is 1. The Bertz CT molecular complexity index is 799. The standard InChI is InChI=1S/C17H18N4O2/c1-2-23-17(22)20-19-16-18-14-10-6-7-11-15(14)21(16)12-13-8-4-3-5-9-13/h3-11H,2,12H2,1H3,(H,18,19)(H,20,22). The number of hydrogen-bond donors (Lipinski definition) is 2. The normalized spacial score (nSPS) is 10.5. The maximum atomic E-state index is 11.5. The summed E-state index contributed by atoms with van der Waals surface area (Å²) in [6, 6.07) is 17.9. The first kappa shape index (κ1) is 14.9. The van der Waals surface area contributed by atoms with Gasteiger partial charge in [-0.25, -0.2) is 15.2 Å². The van der Waals surface area contributed by atoms with Crippen molar-refractivity contribution in [3.05, 3.63) is 60.2 Å². The lowest BCUT2D eigenvalue weighted by molar-refractivity contribution is 0.154. The van der Waals surface area contributed by atoms with Crippen LogP contribution in [0.25, 0.3) is 11.0 Å². The molecule has 0 saturated heterocycles. The number of imidazole rings is 1. The Morgan fingerprint density at radius 3 is 2.65 bits per heavy atom. The average molecular weight is 310 g/mol. The average Bonchev–Trinajstić information content (AvgIpc) is 2.92. The predicted molar refractivity (Wildman–Crippen MR) is 89.1 cm³/mol. The van der Waals surface area contributed by atoms with Crippen molar-refractivity contribution in [2.75, 3.05) is 12.0 Å². The SMILES string of the molecule is CCOC(=O)NNc1nc2ccccc2n1Cc1ccccc1. The second-order valence-electron chi connectivity index (χ2n) is 4.97. The first-order valence-corrected chi connectivity index (χ1v) is 7.46. The van der Waals surface area contributed by atoms with E-state index in [1.807, 2.05) is 47.0 Å². The number of nitrogens with zero attached hydrogens (tertiary/aromatic N) is 2. The first-order chi connectivity index (χ1) is 11.3. The summed E-state index contributed by atoms with van der Waals surface area (Å²) in [4.78, 5) is 16.0. The van der Waals surface area contributed by atoms with E-state index in [1.54, 1.807) is 6.92 Å². The van der Waals surface area contributed by atoms with Gasteiger partial charge in [0.05, 0.1) is 24.2 Å². The number of nitrogens with one attached hydrogen (secondary N) is 2. The minimum atomic E-state index is -0.536. The van der Waals surface area contributed by atoms with Crippen molar-refractivity contribution in [2.24, 2.45) is 0 Å². The monoisotopic (exact) mass is 310 g/mol. The maximum absolute atomic E-state index is 11.5. The number of benzene rings is 2. The number of aromatic nitrogens is 2. The zero-order valence-electron chi connectivity index (χ0n) is 12.8. The third kappa shape index (κ3) is 3.42. The van der Waals surface area contributed by atoms with E-state index >= 15 is 0 Å². The molecule has 6 nitrogen and oxygen atoms in total. The van der Waals surface area contributed by atoms with Gasteiger partial charge in [-0.15, -0.1) is 0 Å². The fourth-order valence-electron chi connectivity index (χ4n) is 2.37. The van der Waals surface area contributed by atoms with Gasteiger partial charge in [0.2, 0.25) is 5.95 Å². The minimum Gasteiger partial charge on any atom is -0.449 e. The molecular formula is C17H18N4O2. The number of carbonyl (C=O) groups excluding carboxylic acids is 1. The van der Waals surface area contributed by atoms with E-state index in [1.165, 1.54) is 0 Å². The Hall–Kier alpha value is -3.02. The number of amides is 1. The van der Waals surface area contributed by atoms with E-state index in [-0.39, 0.29) is 0 Å². The molecule has 2 aromatic carbocycles. The Balaban J connectivity index is 1.90. The van der Waals surface area contributed by atoms with Gasteiger partial charge in [0.1, 0.15) is 0 Å². The number of anilines is 1. The van der Waals surface area contributed by atoms with E-state index in [4.69, 9.17) is 4.74 Å². The zero-order valence-corrected chi connectivity index (χ0v) is 12.8. The van der Waals surface area contributed by atoms with Gasteiger partial charge >= 0.3 is 6.09 Å². The van der Waals surface area contributed by atoms with E-state index in [0.717, 1.165) is 16.6 Å². The minimum absolute atomic E-state index is 0.313. The van der Waals surface area contributed by atoms with Crippen LogP contribution in [-0.2, 0) is 11.3 Å². The largest absolute Gasteiger partial charge is 0.449 e. The number of hydrazine groups is 1. The molecular weight excluding hydrogens is 292 g/mol. The molecule has 0 aliphatic rings. The molecule has 0 aliphatic heterocycles. The van der Waals surface area contributed by atoms with Gasteiger partial charge in [-0.2, -0.15) is 0 Å². The molecule has 0 unspecified atom stereocenters. The molecule has 1 heterocycles. The molecule has 0 spiro atoms. The van der Waals surface area contributed by atoms with Crippen molar-refractivity contribution >= 4 is 23.1 Å². The number of hydrogen-bond acceptors (Lipinski definition) is 4. The Morgan fingerprint density at radius 2 is 1.87 bits per heavy atom. The highest BCUT2D eigenvalue weighted by Crippen LogP contribution is 2.20. The van der Waals surface area contributed by atoms with Crippen LogP contribution in [0.15, 0.2) is 54.6 Å². The smallest absolute Gasteiger partial charge is 0.426 e. The molecule has 0 fully saturated rings. The van der Waals surface area contributed by atoms with Crippen LogP contribution in [-0.4, -0.2) is 22.3 Å². The summed E-state index contributed by atoms with van der Waals surface area (Å²) in [6.45, 7) is 2.71. The van der Waals surface area contributed by atoms with Gasteiger partial charge in [0.25, 0.3) is 0 Å². The summed E-state index contributed by atoms with van der Waals surface area (Å²) in [6.07, 6.45) is -0.536. The van der Waals surface area contributed by atoms with Crippen LogP contribution < -0.4 is 10.9 Å². The number of rotatable bonds is 5. The summed E-state index contributed by atoms with van der Waals surface area (Å²) in [5.41, 5.74) is 8.32. The van der Waals surface area contributed by atoms with Gasteiger partial charge in [-0.3, -0.25) is 5.43 Å². The molecule has 3 rings (SSSR count). The lowest BCUT2D eigenvalue weighted by Gasteiger charge is -2.11. The number of carbonyl (C=O) groups is 1. The molecule has 118 valence electrons. The van der Waals surface area contributed by atoms with E-state index in [0.29, 0.717) is 19.1 Å². The summed E-state index contributed by atoms with van der Waals surface area (Å²) in [7, 11) is 0. The number of para-hydroxylation sites is 2. The van der Waals surface area contributed by atoms with E-state index in [9.17, 15) is 4.79 Å². The third-order valence-corrected chi connectivity index (χ3v) is 3.39. The van der Waals surface area contributed by atoms with E-state index in [2.05, 4.69) is 28.0 Å². The van der Waals surface area contributed by atoms with Gasteiger partial charge in [0, 0.05) is 0 Å². The third-order valence-electron chi connectivity index (χ3n) is 3.39. The molecule has 1 aromatic heterocycles. The van der Waals surface area contributed by atoms with E-state index < -0.39 is 6.09 Å². The van der Waals surface area contributed by atoms with Crippen molar-refractivity contribution in [1.29, 1.82) is 0 Å². The van der Waals surface area contributed by atoms with Crippen LogP contribution in [0.4, 0.5) is 10.7 Å². The Morgan fingerprint density at radius 1 is 1.13 bits per heavy atom. The molecule has 0 radical (unpaired) electrons. The van der Waals surface area contributed by atoms with Crippen LogP contribution in [0, 0.1) is 0 Å². The molecule has 1 amide bonds. The number of ether oxygens (including phenoxy) is 1. The van der Waals surface area contributed by atoms with Gasteiger partial charge in [-0.1, -0.05) is 42.5 Å². The van der Waals surface area contributed by atoms with Gasteiger partial charge in [0.15, 0.2) is 0 Å². The van der Waals surface area contributed by atoms with Crippen LogP contribution in [0.1, 0.15) is 12.5 Å². The molecule has 23 heavy (non-hydrogen) atoms. The van der Waals surface area contributed by atoms with Crippen molar-refractivity contribution < 1.29 is 9.53 Å². The summed E-state index contributed by atoms with van der Waals surface area (Å²) in [5, 5.41) is 0. The fourth-order valence-corrected chi connectivity index (χ4v) is 2.37. The van der Waals surface area contributed by atoms with Crippen molar-refractivity contribution in [3.63, 3.8) is 0 Å². The quantitative estimate of drug-likeness (QED) is 0.710. The molecule has 2 N–H and O–H groups in total. The lowest BCUT2D eigenvalue weighted by atomic mass is 10.2. The second kappa shape index (κ2) is 6.83. The molecule has 0 saturated carbocycles. The summed E-state index contributed by atoms with van der Waals surface area (Å²) < 4.78 is 6.86. The summed E-state index contributed by atoms with van der Waals surface area (Å²) in [5.74, 6) is 0.558. The maximum Gasteiger partial charge on any atom is 0.426 e. The zero-order chi connectivity index (χ0) is 16.1. The van der Waals surface area contributed by atoms with Crippen molar-refractivity contribution in [1.82, 2.24) is 15.0 Å². The fraction of sp³-hybridized carbons (Fsp3) is 0.176. The predicted octanol–water partition coefficient (Wildman–Crippen LogP) is 3.16. The van der Waals surface area contributed by atoms with Crippen LogP contribution in [0.3, 0.4) is 0 Å². The van der Waals surface area contributed by atoms with Crippen molar-refractivity contribution in [3.8, 4) is 0 Å². The van der Waals surface area contributed by atoms with Crippen LogP contribution in [0.5, 0.6) is 0 Å². The molecule has 0 aliphatic carbocycles. The highest BCUT2D eigenvalue weighted by Gasteiger charge is 2.11. The molecule has 6 heteroatoms. The highest BCUT2D eigenvalue weighted by molar-refractivity contribution is 5.79. The Labute approximate surface area is 134 Å². The van der Waals surface area contributed by atoms with Crippen LogP contribution in [0.2, 0.25) is 0 Å². The molecule has 0 bridgehead atoms. The van der Waals surface area contributed by atoms with Crippen molar-refractivity contribution in [2.45, 2.75) is 13.5 Å². The highest BCUT2D eigenvalue weighted by atomic mass is 16.5. The van der Waals surface area contributed by atoms with Crippen LogP contribution >= 0.6 is 0 Å².